The highest BCUT2D eigenvalue weighted by atomic mass is 35.5. The van der Waals surface area contributed by atoms with Crippen LogP contribution >= 0.6 is 11.6 Å². The molecule has 1 heterocycles. The Bertz CT molecular complexity index is 412. The Kier molecular flexibility index (Phi) is 3.62. The van der Waals surface area contributed by atoms with Gasteiger partial charge < -0.3 is 0 Å². The van der Waals surface area contributed by atoms with E-state index < -0.39 is 18.4 Å². The minimum atomic E-state index is -4.48. The first-order valence-corrected chi connectivity index (χ1v) is 4.85. The summed E-state index contributed by atoms with van der Waals surface area (Å²) in [5, 5.41) is 4.16. The third-order valence-corrected chi connectivity index (χ3v) is 2.52. The lowest BCUT2D eigenvalue weighted by Gasteiger charge is -2.05. The molecular weight excluding hydrogens is 245 g/mol. The number of rotatable bonds is 3. The Labute approximate surface area is 95.2 Å². The molecular formula is C9H10ClF3N2O. The van der Waals surface area contributed by atoms with Crippen molar-refractivity contribution in [1.29, 1.82) is 0 Å². The molecule has 0 aliphatic heterocycles. The second-order valence-electron chi connectivity index (χ2n) is 3.48. The van der Waals surface area contributed by atoms with Crippen molar-refractivity contribution in [2.45, 2.75) is 25.9 Å². The first-order chi connectivity index (χ1) is 7.20. The second-order valence-corrected chi connectivity index (χ2v) is 3.86. The standard InChI is InChI=1S/C9H10ClF3N2O/c1-5-8(10)7(15(2)14-5)3-6(16)4-9(11,12)13/h3-4H2,1-2H3. The molecule has 3 nitrogen and oxygen atoms in total. The number of hydrogen-bond acceptors (Lipinski definition) is 2. The van der Waals surface area contributed by atoms with E-state index in [0.717, 1.165) is 0 Å². The van der Waals surface area contributed by atoms with Gasteiger partial charge in [0, 0.05) is 7.05 Å². The largest absolute Gasteiger partial charge is 0.395 e. The first-order valence-electron chi connectivity index (χ1n) is 4.47. The summed E-state index contributed by atoms with van der Waals surface area (Å²) in [6.07, 6.45) is -6.26. The zero-order valence-corrected chi connectivity index (χ0v) is 9.48. The molecule has 0 aliphatic carbocycles. The lowest BCUT2D eigenvalue weighted by atomic mass is 10.1. The van der Waals surface area contributed by atoms with Gasteiger partial charge in [-0.2, -0.15) is 18.3 Å². The van der Waals surface area contributed by atoms with Gasteiger partial charge in [-0.3, -0.25) is 9.48 Å². The molecule has 0 spiro atoms. The number of aromatic nitrogens is 2. The van der Waals surface area contributed by atoms with Gasteiger partial charge >= 0.3 is 6.18 Å². The Hall–Kier alpha value is -1.04. The Morgan fingerprint density at radius 1 is 1.50 bits per heavy atom. The van der Waals surface area contributed by atoms with Crippen LogP contribution in [0.2, 0.25) is 5.02 Å². The fraction of sp³-hybridized carbons (Fsp3) is 0.556. The summed E-state index contributed by atoms with van der Waals surface area (Å²) >= 11 is 5.81. The summed E-state index contributed by atoms with van der Waals surface area (Å²) in [6, 6.07) is 0. The average Bonchev–Trinajstić information content (AvgIpc) is 2.29. The van der Waals surface area contributed by atoms with Gasteiger partial charge in [-0.1, -0.05) is 11.6 Å². The van der Waals surface area contributed by atoms with E-state index in [-0.39, 0.29) is 11.4 Å². The summed E-state index contributed by atoms with van der Waals surface area (Å²) in [7, 11) is 1.54. The van der Waals surface area contributed by atoms with Crippen molar-refractivity contribution in [3.8, 4) is 0 Å². The minimum Gasteiger partial charge on any atom is -0.299 e. The highest BCUT2D eigenvalue weighted by Crippen LogP contribution is 2.24. The van der Waals surface area contributed by atoms with Crippen LogP contribution in [0.25, 0.3) is 0 Å². The SMILES string of the molecule is Cc1nn(C)c(CC(=O)CC(F)(F)F)c1Cl. The number of nitrogens with zero attached hydrogens (tertiary/aromatic N) is 2. The summed E-state index contributed by atoms with van der Waals surface area (Å²) in [4.78, 5) is 11.1. The van der Waals surface area contributed by atoms with E-state index in [4.69, 9.17) is 11.6 Å². The van der Waals surface area contributed by atoms with Crippen LogP contribution in [-0.2, 0) is 18.3 Å². The van der Waals surface area contributed by atoms with Gasteiger partial charge in [0.05, 0.1) is 22.8 Å². The van der Waals surface area contributed by atoms with Gasteiger partial charge in [0.1, 0.15) is 12.2 Å². The van der Waals surface area contributed by atoms with E-state index >= 15 is 0 Å². The topological polar surface area (TPSA) is 34.9 Å². The molecule has 1 rings (SSSR count). The monoisotopic (exact) mass is 254 g/mol. The molecule has 0 saturated carbocycles. The quantitative estimate of drug-likeness (QED) is 0.830. The van der Waals surface area contributed by atoms with Crippen molar-refractivity contribution in [3.63, 3.8) is 0 Å². The Balaban J connectivity index is 2.78. The molecule has 0 saturated heterocycles. The molecule has 0 fully saturated rings. The van der Waals surface area contributed by atoms with Crippen LogP contribution in [0.1, 0.15) is 17.8 Å². The van der Waals surface area contributed by atoms with Crippen LogP contribution in [0, 0.1) is 6.92 Å². The van der Waals surface area contributed by atoms with Gasteiger partial charge in [0.25, 0.3) is 0 Å². The van der Waals surface area contributed by atoms with Crippen molar-refractivity contribution in [2.75, 3.05) is 0 Å². The molecule has 0 aliphatic rings. The van der Waals surface area contributed by atoms with Gasteiger partial charge in [0.2, 0.25) is 0 Å². The maximum Gasteiger partial charge on any atom is 0.395 e. The van der Waals surface area contributed by atoms with E-state index in [1.807, 2.05) is 0 Å². The summed E-state index contributed by atoms with van der Waals surface area (Å²) in [5.74, 6) is -0.919. The maximum absolute atomic E-state index is 11.9. The highest BCUT2D eigenvalue weighted by Gasteiger charge is 2.31. The van der Waals surface area contributed by atoms with Crippen LogP contribution in [0.4, 0.5) is 13.2 Å². The van der Waals surface area contributed by atoms with Crippen LogP contribution in [0.3, 0.4) is 0 Å². The average molecular weight is 255 g/mol. The Morgan fingerprint density at radius 3 is 2.44 bits per heavy atom. The molecule has 7 heteroatoms. The van der Waals surface area contributed by atoms with Crippen LogP contribution in [0.15, 0.2) is 0 Å². The fourth-order valence-electron chi connectivity index (χ4n) is 1.34. The predicted molar refractivity (Wildman–Crippen MR) is 52.3 cm³/mol. The van der Waals surface area contributed by atoms with E-state index in [2.05, 4.69) is 5.10 Å². The third kappa shape index (κ3) is 3.23. The van der Waals surface area contributed by atoms with Gasteiger partial charge in [-0.15, -0.1) is 0 Å². The van der Waals surface area contributed by atoms with Gasteiger partial charge in [-0.25, -0.2) is 0 Å². The maximum atomic E-state index is 11.9. The van der Waals surface area contributed by atoms with E-state index in [1.165, 1.54) is 11.7 Å². The van der Waals surface area contributed by atoms with Crippen LogP contribution in [-0.4, -0.2) is 21.7 Å². The van der Waals surface area contributed by atoms with Crippen molar-refractivity contribution in [3.05, 3.63) is 16.4 Å². The van der Waals surface area contributed by atoms with E-state index in [1.54, 1.807) is 6.92 Å². The molecule has 90 valence electrons. The zero-order chi connectivity index (χ0) is 12.5. The number of Topliss-reactive ketones (excluding diaryl/α,β-unsaturated/α-hetero) is 1. The third-order valence-electron chi connectivity index (χ3n) is 2.02. The molecule has 0 aromatic carbocycles. The normalized spacial score (nSPS) is 11.9. The first kappa shape index (κ1) is 13.0. The number of carbonyl (C=O) groups is 1. The lowest BCUT2D eigenvalue weighted by molar-refractivity contribution is -0.151. The number of ketones is 1. The van der Waals surface area contributed by atoms with Crippen molar-refractivity contribution in [2.24, 2.45) is 7.05 Å². The van der Waals surface area contributed by atoms with Crippen LogP contribution in [0.5, 0.6) is 0 Å². The lowest BCUT2D eigenvalue weighted by Crippen LogP contribution is -2.17. The second kappa shape index (κ2) is 4.45. The van der Waals surface area contributed by atoms with Crippen molar-refractivity contribution in [1.82, 2.24) is 9.78 Å². The zero-order valence-electron chi connectivity index (χ0n) is 8.73. The van der Waals surface area contributed by atoms with E-state index in [9.17, 15) is 18.0 Å². The van der Waals surface area contributed by atoms with Crippen LogP contribution < -0.4 is 0 Å². The minimum absolute atomic E-state index is 0.248. The number of aryl methyl sites for hydroxylation is 2. The molecule has 1 aromatic heterocycles. The summed E-state index contributed by atoms with van der Waals surface area (Å²) in [5.41, 5.74) is 0.812. The molecule has 0 N–H and O–H groups in total. The predicted octanol–water partition coefficient (Wildman–Crippen LogP) is 2.45. The molecule has 1 aromatic rings. The molecule has 0 bridgehead atoms. The molecule has 0 unspecified atom stereocenters. The van der Waals surface area contributed by atoms with Gasteiger partial charge in [-0.05, 0) is 6.92 Å². The smallest absolute Gasteiger partial charge is 0.299 e. The number of halogens is 4. The fourth-order valence-corrected chi connectivity index (χ4v) is 1.57. The molecule has 0 radical (unpaired) electrons. The van der Waals surface area contributed by atoms with Crippen molar-refractivity contribution < 1.29 is 18.0 Å². The molecule has 0 atom stereocenters. The molecule has 16 heavy (non-hydrogen) atoms. The van der Waals surface area contributed by atoms with Gasteiger partial charge in [0.15, 0.2) is 0 Å². The number of hydrogen-bond donors (Lipinski definition) is 0. The number of carbonyl (C=O) groups excluding carboxylic acids is 1. The number of alkyl halides is 3. The van der Waals surface area contributed by atoms with Crippen molar-refractivity contribution >= 4 is 17.4 Å². The summed E-state index contributed by atoms with van der Waals surface area (Å²) in [6.45, 7) is 1.63. The van der Waals surface area contributed by atoms with E-state index in [0.29, 0.717) is 11.4 Å². The molecule has 0 amide bonds. The highest BCUT2D eigenvalue weighted by molar-refractivity contribution is 6.32. The summed E-state index contributed by atoms with van der Waals surface area (Å²) < 4.78 is 37.1. The Morgan fingerprint density at radius 2 is 2.06 bits per heavy atom.